The molecule has 1 rings (SSSR count). The number of pyridine rings is 1. The molecule has 0 atom stereocenters. The van der Waals surface area contributed by atoms with Gasteiger partial charge in [0.2, 0.25) is 5.91 Å². The molecule has 3 N–H and O–H groups in total. The van der Waals surface area contributed by atoms with E-state index in [-0.39, 0.29) is 5.91 Å². The highest BCUT2D eigenvalue weighted by atomic mass is 16.2. The molecule has 5 nitrogen and oxygen atoms in total. The summed E-state index contributed by atoms with van der Waals surface area (Å²) >= 11 is 0. The molecule has 0 saturated heterocycles. The maximum Gasteiger partial charge on any atom is 0.239 e. The zero-order chi connectivity index (χ0) is 13.5. The van der Waals surface area contributed by atoms with Gasteiger partial charge >= 0.3 is 0 Å². The molecule has 5 heteroatoms. The highest BCUT2D eigenvalue weighted by Gasteiger charge is 2.09. The number of nitrogens with two attached hydrogens (primary N) is 1. The van der Waals surface area contributed by atoms with Crippen molar-refractivity contribution in [2.45, 2.75) is 20.3 Å². The molecule has 0 unspecified atom stereocenters. The molecular formula is C13H22N4O. The van der Waals surface area contributed by atoms with Gasteiger partial charge in [-0.1, -0.05) is 13.8 Å². The van der Waals surface area contributed by atoms with Gasteiger partial charge < -0.3 is 16.0 Å². The van der Waals surface area contributed by atoms with Gasteiger partial charge in [0, 0.05) is 19.8 Å². The van der Waals surface area contributed by atoms with Crippen molar-refractivity contribution >= 4 is 17.3 Å². The zero-order valence-corrected chi connectivity index (χ0v) is 11.3. The quantitative estimate of drug-likeness (QED) is 0.797. The summed E-state index contributed by atoms with van der Waals surface area (Å²) in [5, 5.41) is 2.90. The van der Waals surface area contributed by atoms with Gasteiger partial charge in [-0.05, 0) is 18.4 Å². The van der Waals surface area contributed by atoms with Crippen molar-refractivity contribution in [1.29, 1.82) is 0 Å². The second-order valence-electron chi connectivity index (χ2n) is 4.82. The van der Waals surface area contributed by atoms with Crippen LogP contribution in [0.25, 0.3) is 0 Å². The molecule has 0 aromatic carbocycles. The number of nitrogen functional groups attached to an aromatic ring is 1. The van der Waals surface area contributed by atoms with E-state index in [1.807, 2.05) is 11.9 Å². The summed E-state index contributed by atoms with van der Waals surface area (Å²) in [6.07, 6.45) is 4.24. The van der Waals surface area contributed by atoms with E-state index in [2.05, 4.69) is 24.1 Å². The molecule has 0 radical (unpaired) electrons. The first-order valence-electron chi connectivity index (χ1n) is 6.18. The fourth-order valence-corrected chi connectivity index (χ4v) is 1.60. The Balaban J connectivity index is 2.42. The van der Waals surface area contributed by atoms with E-state index in [0.29, 0.717) is 18.2 Å². The van der Waals surface area contributed by atoms with Crippen LogP contribution in [0.4, 0.5) is 11.4 Å². The topological polar surface area (TPSA) is 71.2 Å². The minimum absolute atomic E-state index is 0.00867. The minimum Gasteiger partial charge on any atom is -0.396 e. The van der Waals surface area contributed by atoms with Crippen molar-refractivity contribution < 1.29 is 4.79 Å². The average Bonchev–Trinajstić information content (AvgIpc) is 2.28. The third-order valence-corrected chi connectivity index (χ3v) is 2.66. The van der Waals surface area contributed by atoms with Gasteiger partial charge in [-0.15, -0.1) is 0 Å². The largest absolute Gasteiger partial charge is 0.396 e. The van der Waals surface area contributed by atoms with Crippen LogP contribution in [-0.4, -0.2) is 31.0 Å². The molecule has 18 heavy (non-hydrogen) atoms. The highest BCUT2D eigenvalue weighted by Crippen LogP contribution is 2.19. The molecule has 1 aromatic rings. The minimum atomic E-state index is 0.00867. The van der Waals surface area contributed by atoms with Gasteiger partial charge in [0.05, 0.1) is 24.1 Å². The van der Waals surface area contributed by atoms with Crippen LogP contribution >= 0.6 is 0 Å². The molecule has 0 fully saturated rings. The standard InChI is InChI=1S/C13H22N4O/c1-10(2)4-7-16-13(18)9-17(3)12-5-6-15-8-11(12)14/h5-6,8,10H,4,7,9,14H2,1-3H3,(H,16,18). The Kier molecular flexibility index (Phi) is 5.42. The molecule has 0 aliphatic rings. The second-order valence-corrected chi connectivity index (χ2v) is 4.82. The number of carbonyl (C=O) groups excluding carboxylic acids is 1. The number of aromatic nitrogens is 1. The zero-order valence-electron chi connectivity index (χ0n) is 11.3. The average molecular weight is 250 g/mol. The first-order chi connectivity index (χ1) is 8.50. The van der Waals surface area contributed by atoms with E-state index >= 15 is 0 Å². The second kappa shape index (κ2) is 6.83. The fourth-order valence-electron chi connectivity index (χ4n) is 1.60. The van der Waals surface area contributed by atoms with Gasteiger partial charge in [-0.2, -0.15) is 0 Å². The van der Waals surface area contributed by atoms with Crippen LogP contribution in [0.5, 0.6) is 0 Å². The van der Waals surface area contributed by atoms with Crippen LogP contribution in [0.3, 0.4) is 0 Å². The Labute approximate surface area is 108 Å². The Hall–Kier alpha value is -1.78. The van der Waals surface area contributed by atoms with E-state index in [4.69, 9.17) is 5.73 Å². The maximum atomic E-state index is 11.7. The molecule has 1 heterocycles. The number of carbonyl (C=O) groups is 1. The normalized spacial score (nSPS) is 10.4. The van der Waals surface area contributed by atoms with Gasteiger partial charge in [-0.3, -0.25) is 9.78 Å². The number of nitrogens with zero attached hydrogens (tertiary/aromatic N) is 2. The van der Waals surface area contributed by atoms with Gasteiger partial charge in [0.25, 0.3) is 0 Å². The summed E-state index contributed by atoms with van der Waals surface area (Å²) in [6.45, 7) is 5.29. The summed E-state index contributed by atoms with van der Waals surface area (Å²) in [5.41, 5.74) is 7.20. The van der Waals surface area contributed by atoms with E-state index in [1.54, 1.807) is 18.5 Å². The van der Waals surface area contributed by atoms with Crippen molar-refractivity contribution in [2.24, 2.45) is 5.92 Å². The molecule has 0 aliphatic carbocycles. The summed E-state index contributed by atoms with van der Waals surface area (Å²) < 4.78 is 0. The highest BCUT2D eigenvalue weighted by molar-refractivity contribution is 5.82. The lowest BCUT2D eigenvalue weighted by Gasteiger charge is -2.20. The summed E-state index contributed by atoms with van der Waals surface area (Å²) in [5.74, 6) is 0.605. The Bertz CT molecular complexity index is 392. The summed E-state index contributed by atoms with van der Waals surface area (Å²) in [6, 6.07) is 1.80. The lowest BCUT2D eigenvalue weighted by atomic mass is 10.1. The number of hydrogen-bond donors (Lipinski definition) is 2. The number of rotatable bonds is 6. The van der Waals surface area contributed by atoms with Gasteiger partial charge in [0.1, 0.15) is 0 Å². The number of likely N-dealkylation sites (N-methyl/N-ethyl adjacent to an activating group) is 1. The van der Waals surface area contributed by atoms with Crippen LogP contribution < -0.4 is 16.0 Å². The van der Waals surface area contributed by atoms with E-state index in [1.165, 1.54) is 0 Å². The fraction of sp³-hybridized carbons (Fsp3) is 0.538. The van der Waals surface area contributed by atoms with Crippen molar-refractivity contribution in [1.82, 2.24) is 10.3 Å². The van der Waals surface area contributed by atoms with Crippen LogP contribution in [-0.2, 0) is 4.79 Å². The molecule has 100 valence electrons. The van der Waals surface area contributed by atoms with Crippen molar-refractivity contribution in [2.75, 3.05) is 30.8 Å². The van der Waals surface area contributed by atoms with Crippen molar-refractivity contribution in [3.05, 3.63) is 18.5 Å². The van der Waals surface area contributed by atoms with Crippen LogP contribution in [0.1, 0.15) is 20.3 Å². The smallest absolute Gasteiger partial charge is 0.239 e. The molecule has 1 amide bonds. The van der Waals surface area contributed by atoms with Crippen LogP contribution in [0.15, 0.2) is 18.5 Å². The molecule has 0 saturated carbocycles. The first-order valence-corrected chi connectivity index (χ1v) is 6.18. The third kappa shape index (κ3) is 4.61. The number of anilines is 2. The molecular weight excluding hydrogens is 228 g/mol. The summed E-state index contributed by atoms with van der Waals surface area (Å²) in [7, 11) is 1.84. The number of hydrogen-bond acceptors (Lipinski definition) is 4. The molecule has 0 spiro atoms. The Morgan fingerprint density at radius 1 is 1.56 bits per heavy atom. The number of amides is 1. The van der Waals surface area contributed by atoms with Gasteiger partial charge in [0.15, 0.2) is 0 Å². The van der Waals surface area contributed by atoms with Gasteiger partial charge in [-0.25, -0.2) is 0 Å². The number of nitrogens with one attached hydrogen (secondary N) is 1. The van der Waals surface area contributed by atoms with E-state index in [0.717, 1.165) is 18.7 Å². The molecule has 0 aliphatic heterocycles. The van der Waals surface area contributed by atoms with Crippen LogP contribution in [0, 0.1) is 5.92 Å². The first kappa shape index (κ1) is 14.3. The van der Waals surface area contributed by atoms with E-state index < -0.39 is 0 Å². The maximum absolute atomic E-state index is 11.7. The molecule has 1 aromatic heterocycles. The third-order valence-electron chi connectivity index (χ3n) is 2.66. The lowest BCUT2D eigenvalue weighted by Crippen LogP contribution is -2.36. The van der Waals surface area contributed by atoms with Crippen LogP contribution in [0.2, 0.25) is 0 Å². The SMILES string of the molecule is CC(C)CCNC(=O)CN(C)c1ccncc1N. The monoisotopic (exact) mass is 250 g/mol. The van der Waals surface area contributed by atoms with Crippen molar-refractivity contribution in [3.63, 3.8) is 0 Å². The van der Waals surface area contributed by atoms with Crippen molar-refractivity contribution in [3.8, 4) is 0 Å². The Morgan fingerprint density at radius 3 is 2.89 bits per heavy atom. The summed E-state index contributed by atoms with van der Waals surface area (Å²) in [4.78, 5) is 17.5. The Morgan fingerprint density at radius 2 is 2.28 bits per heavy atom. The lowest BCUT2D eigenvalue weighted by molar-refractivity contribution is -0.119. The predicted molar refractivity (Wildman–Crippen MR) is 74.4 cm³/mol. The van der Waals surface area contributed by atoms with E-state index in [9.17, 15) is 4.79 Å². The molecule has 0 bridgehead atoms. The predicted octanol–water partition coefficient (Wildman–Crippen LogP) is 1.26.